The molecule has 0 radical (unpaired) electrons. The summed E-state index contributed by atoms with van der Waals surface area (Å²) in [5, 5.41) is 47.1. The zero-order chi connectivity index (χ0) is 15.6. The predicted octanol–water partition coefficient (Wildman–Crippen LogP) is -2.04. The third-order valence-corrected chi connectivity index (χ3v) is 3.10. The minimum atomic E-state index is -1.61. The first-order valence-electron chi connectivity index (χ1n) is 6.10. The molecule has 1 aromatic heterocycles. The van der Waals surface area contributed by atoms with Crippen LogP contribution in [0.2, 0.25) is 0 Å². The highest BCUT2D eigenvalue weighted by Crippen LogP contribution is 2.26. The lowest BCUT2D eigenvalue weighted by Gasteiger charge is -2.39. The first-order valence-corrected chi connectivity index (χ1v) is 6.10. The van der Waals surface area contributed by atoms with Gasteiger partial charge in [0, 0.05) is 12.4 Å². The molecule has 2 rings (SSSR count). The highest BCUT2D eigenvalue weighted by Gasteiger charge is 2.44. The van der Waals surface area contributed by atoms with Gasteiger partial charge in [-0.3, -0.25) is 4.98 Å². The molecular weight excluding hydrogens is 286 g/mol. The topological polar surface area (TPSA) is 150 Å². The average Bonchev–Trinajstić information content (AvgIpc) is 2.48. The second kappa shape index (κ2) is 6.33. The number of hydrogen-bond donors (Lipinski definition) is 5. The number of carboxylic acids is 1. The van der Waals surface area contributed by atoms with E-state index in [0.29, 0.717) is 0 Å². The summed E-state index contributed by atoms with van der Waals surface area (Å²) in [6, 6.07) is 1.25. The van der Waals surface area contributed by atoms with Crippen molar-refractivity contribution in [1.82, 2.24) is 4.98 Å². The molecule has 1 fully saturated rings. The summed E-state index contributed by atoms with van der Waals surface area (Å²) in [6.07, 6.45) is -4.97. The van der Waals surface area contributed by atoms with E-state index in [9.17, 15) is 20.1 Å². The maximum absolute atomic E-state index is 11.0. The summed E-state index contributed by atoms with van der Waals surface area (Å²) in [6.45, 7) is -0.604. The number of aliphatic hydroxyl groups is 4. The van der Waals surface area contributed by atoms with Crippen LogP contribution in [0.3, 0.4) is 0 Å². The summed E-state index contributed by atoms with van der Waals surface area (Å²) in [5.41, 5.74) is -0.255. The molecule has 0 bridgehead atoms. The van der Waals surface area contributed by atoms with Crippen LogP contribution >= 0.6 is 0 Å². The van der Waals surface area contributed by atoms with Gasteiger partial charge in [-0.25, -0.2) is 4.79 Å². The van der Waals surface area contributed by atoms with Gasteiger partial charge in [-0.05, 0) is 6.07 Å². The molecule has 2 heterocycles. The molecular formula is C12H15NO8. The van der Waals surface area contributed by atoms with Crippen molar-refractivity contribution >= 4 is 5.97 Å². The van der Waals surface area contributed by atoms with Crippen LogP contribution < -0.4 is 4.74 Å². The van der Waals surface area contributed by atoms with Crippen molar-refractivity contribution in [3.8, 4) is 5.75 Å². The van der Waals surface area contributed by atoms with Crippen molar-refractivity contribution in [2.45, 2.75) is 30.7 Å². The monoisotopic (exact) mass is 301 g/mol. The molecule has 0 aromatic carbocycles. The maximum Gasteiger partial charge on any atom is 0.341 e. The quantitative estimate of drug-likeness (QED) is 0.423. The Balaban J connectivity index is 2.20. The number of pyridine rings is 1. The zero-order valence-corrected chi connectivity index (χ0v) is 10.7. The van der Waals surface area contributed by atoms with Crippen molar-refractivity contribution in [3.05, 3.63) is 24.0 Å². The number of nitrogens with zero attached hydrogens (tertiary/aromatic N) is 1. The molecule has 1 saturated heterocycles. The van der Waals surface area contributed by atoms with Crippen LogP contribution in [0.1, 0.15) is 10.4 Å². The van der Waals surface area contributed by atoms with Crippen LogP contribution in [-0.2, 0) is 4.74 Å². The van der Waals surface area contributed by atoms with Gasteiger partial charge in [0.15, 0.2) is 0 Å². The first-order chi connectivity index (χ1) is 9.95. The third kappa shape index (κ3) is 3.12. The van der Waals surface area contributed by atoms with E-state index < -0.39 is 43.3 Å². The van der Waals surface area contributed by atoms with Crippen LogP contribution in [0, 0.1) is 0 Å². The summed E-state index contributed by atoms with van der Waals surface area (Å²) in [7, 11) is 0. The lowest BCUT2D eigenvalue weighted by atomic mass is 9.99. The second-order valence-corrected chi connectivity index (χ2v) is 4.49. The van der Waals surface area contributed by atoms with Crippen molar-refractivity contribution in [1.29, 1.82) is 0 Å². The number of hydrogen-bond acceptors (Lipinski definition) is 8. The third-order valence-electron chi connectivity index (χ3n) is 3.10. The Bertz CT molecular complexity index is 508. The minimum absolute atomic E-state index is 0.123. The SMILES string of the molecule is O=C(O)c1cnccc1OC1OC(CO)C(O)C(O)C1O. The van der Waals surface area contributed by atoms with Gasteiger partial charge in [-0.2, -0.15) is 0 Å². The number of carboxylic acid groups (broad SMARTS) is 1. The van der Waals surface area contributed by atoms with E-state index in [2.05, 4.69) is 4.98 Å². The van der Waals surface area contributed by atoms with Gasteiger partial charge in [0.2, 0.25) is 6.29 Å². The number of aliphatic hydroxyl groups excluding tert-OH is 4. The van der Waals surface area contributed by atoms with Gasteiger partial charge in [0.25, 0.3) is 0 Å². The van der Waals surface area contributed by atoms with Gasteiger partial charge in [0.05, 0.1) is 6.61 Å². The Morgan fingerprint density at radius 2 is 2.00 bits per heavy atom. The van der Waals surface area contributed by atoms with E-state index in [1.807, 2.05) is 0 Å². The van der Waals surface area contributed by atoms with Gasteiger partial charge in [0.1, 0.15) is 35.7 Å². The number of aromatic carboxylic acids is 1. The van der Waals surface area contributed by atoms with E-state index in [0.717, 1.165) is 6.20 Å². The van der Waals surface area contributed by atoms with E-state index in [-0.39, 0.29) is 11.3 Å². The minimum Gasteiger partial charge on any atom is -0.477 e. The molecule has 1 aliphatic rings. The van der Waals surface area contributed by atoms with E-state index in [1.54, 1.807) is 0 Å². The Morgan fingerprint density at radius 1 is 1.29 bits per heavy atom. The normalized spacial score (nSPS) is 32.7. The number of carbonyl (C=O) groups is 1. The number of rotatable bonds is 4. The fourth-order valence-electron chi connectivity index (χ4n) is 1.93. The van der Waals surface area contributed by atoms with Crippen LogP contribution in [0.4, 0.5) is 0 Å². The highest BCUT2D eigenvalue weighted by molar-refractivity contribution is 5.90. The fourth-order valence-corrected chi connectivity index (χ4v) is 1.93. The molecule has 116 valence electrons. The summed E-state index contributed by atoms with van der Waals surface area (Å²) in [4.78, 5) is 14.7. The smallest absolute Gasteiger partial charge is 0.341 e. The van der Waals surface area contributed by atoms with Crippen LogP contribution in [0.5, 0.6) is 5.75 Å². The molecule has 1 aromatic rings. The summed E-state index contributed by atoms with van der Waals surface area (Å²) < 4.78 is 10.4. The van der Waals surface area contributed by atoms with Gasteiger partial charge < -0.3 is 35.0 Å². The van der Waals surface area contributed by atoms with Gasteiger partial charge in [-0.15, -0.1) is 0 Å². The van der Waals surface area contributed by atoms with E-state index in [4.69, 9.17) is 19.7 Å². The van der Waals surface area contributed by atoms with E-state index in [1.165, 1.54) is 12.3 Å². The van der Waals surface area contributed by atoms with Crippen molar-refractivity contribution in [3.63, 3.8) is 0 Å². The summed E-state index contributed by atoms with van der Waals surface area (Å²) in [5.74, 6) is -1.41. The molecule has 9 heteroatoms. The Morgan fingerprint density at radius 3 is 2.62 bits per heavy atom. The predicted molar refractivity (Wildman–Crippen MR) is 65.6 cm³/mol. The van der Waals surface area contributed by atoms with E-state index >= 15 is 0 Å². The molecule has 1 aliphatic heterocycles. The number of aromatic nitrogens is 1. The zero-order valence-electron chi connectivity index (χ0n) is 10.7. The van der Waals surface area contributed by atoms with Crippen molar-refractivity contribution in [2.75, 3.05) is 6.61 Å². The largest absolute Gasteiger partial charge is 0.477 e. The highest BCUT2D eigenvalue weighted by atomic mass is 16.7. The lowest BCUT2D eigenvalue weighted by molar-refractivity contribution is -0.277. The molecule has 5 unspecified atom stereocenters. The lowest BCUT2D eigenvalue weighted by Crippen LogP contribution is -2.60. The second-order valence-electron chi connectivity index (χ2n) is 4.49. The Kier molecular flexibility index (Phi) is 4.70. The molecule has 0 aliphatic carbocycles. The van der Waals surface area contributed by atoms with Crippen LogP contribution in [0.25, 0.3) is 0 Å². The summed E-state index contributed by atoms with van der Waals surface area (Å²) >= 11 is 0. The molecule has 0 saturated carbocycles. The van der Waals surface area contributed by atoms with Gasteiger partial charge >= 0.3 is 5.97 Å². The molecule has 5 atom stereocenters. The molecule has 0 amide bonds. The first kappa shape index (κ1) is 15.6. The Hall–Kier alpha value is -1.78. The standard InChI is InChI=1S/C12H15NO8/c14-4-7-8(15)9(16)10(17)12(21-7)20-6-1-2-13-3-5(6)11(18)19/h1-3,7-10,12,14-17H,4H2,(H,18,19). The number of ether oxygens (including phenoxy) is 2. The van der Waals surface area contributed by atoms with Crippen LogP contribution in [-0.4, -0.2) is 73.8 Å². The van der Waals surface area contributed by atoms with Crippen LogP contribution in [0.15, 0.2) is 18.5 Å². The maximum atomic E-state index is 11.0. The molecule has 5 N–H and O–H groups in total. The molecule has 9 nitrogen and oxygen atoms in total. The fraction of sp³-hybridized carbons (Fsp3) is 0.500. The van der Waals surface area contributed by atoms with Crippen molar-refractivity contribution < 1.29 is 39.8 Å². The molecule has 21 heavy (non-hydrogen) atoms. The van der Waals surface area contributed by atoms with Gasteiger partial charge in [-0.1, -0.05) is 0 Å². The average molecular weight is 301 g/mol. The van der Waals surface area contributed by atoms with Crippen molar-refractivity contribution in [2.24, 2.45) is 0 Å². The molecule has 0 spiro atoms. The Labute approximate surface area is 119 Å².